The molecule has 0 aromatic heterocycles. The van der Waals surface area contributed by atoms with Gasteiger partial charge in [0.1, 0.15) is 12.4 Å². The van der Waals surface area contributed by atoms with Crippen LogP contribution < -0.4 is 10.8 Å². The lowest BCUT2D eigenvalue weighted by atomic mass is 9.98. The average Bonchev–Trinajstić information content (AvgIpc) is 3.15. The lowest BCUT2D eigenvalue weighted by Crippen LogP contribution is -2.33. The summed E-state index contributed by atoms with van der Waals surface area (Å²) < 4.78 is 19.2. The second kappa shape index (κ2) is 9.72. The molecule has 0 saturated heterocycles. The predicted molar refractivity (Wildman–Crippen MR) is 121 cm³/mol. The van der Waals surface area contributed by atoms with Crippen LogP contribution in [-0.2, 0) is 14.4 Å². The monoisotopic (exact) mass is 464 g/mol. The van der Waals surface area contributed by atoms with Crippen LogP contribution in [0.2, 0.25) is 0 Å². The van der Waals surface area contributed by atoms with Crippen molar-refractivity contribution in [3.05, 3.63) is 89.2 Å². The van der Waals surface area contributed by atoms with Crippen molar-refractivity contribution in [3.8, 4) is 11.1 Å². The van der Waals surface area contributed by atoms with Crippen molar-refractivity contribution in [2.75, 3.05) is 11.9 Å². The molecule has 0 radical (unpaired) electrons. The number of amides is 2. The van der Waals surface area contributed by atoms with E-state index in [1.165, 1.54) is 13.0 Å². The van der Waals surface area contributed by atoms with Crippen LogP contribution in [0.25, 0.3) is 11.1 Å². The summed E-state index contributed by atoms with van der Waals surface area (Å²) in [6, 6.07) is 18.9. The molecule has 1 aliphatic carbocycles. The third kappa shape index (κ3) is 4.74. The highest BCUT2D eigenvalue weighted by Gasteiger charge is 2.29. The minimum atomic E-state index is -1.32. The van der Waals surface area contributed by atoms with Gasteiger partial charge in [-0.05, 0) is 47.4 Å². The maximum absolute atomic E-state index is 13.7. The normalized spacial score (nSPS) is 12.9. The van der Waals surface area contributed by atoms with Gasteiger partial charge in [0.25, 0.3) is 5.91 Å². The molecule has 3 N–H and O–H groups in total. The minimum Gasteiger partial charge on any atom is -0.479 e. The molecule has 0 aliphatic heterocycles. The first kappa shape index (κ1) is 22.9. The number of carbonyl (C=O) groups excluding carboxylic acids is 2. The number of fused-ring (bicyclic) bond motifs is 3. The van der Waals surface area contributed by atoms with E-state index in [1.54, 1.807) is 0 Å². The van der Waals surface area contributed by atoms with Crippen molar-refractivity contribution in [1.29, 1.82) is 0 Å². The summed E-state index contributed by atoms with van der Waals surface area (Å²) in [4.78, 5) is 40.5. The van der Waals surface area contributed by atoms with Gasteiger partial charge in [-0.3, -0.25) is 14.9 Å². The molecule has 8 nitrogen and oxygen atoms in total. The molecule has 0 fully saturated rings. The van der Waals surface area contributed by atoms with Gasteiger partial charge in [0, 0.05) is 5.92 Å². The molecular formula is C25H21FN2O6. The zero-order valence-corrected chi connectivity index (χ0v) is 18.1. The Morgan fingerprint density at radius 3 is 2.24 bits per heavy atom. The van der Waals surface area contributed by atoms with Crippen molar-refractivity contribution in [2.45, 2.75) is 18.9 Å². The van der Waals surface area contributed by atoms with Crippen LogP contribution in [0.3, 0.4) is 0 Å². The molecule has 0 saturated carbocycles. The quantitative estimate of drug-likeness (QED) is 0.449. The van der Waals surface area contributed by atoms with Crippen LogP contribution in [0, 0.1) is 5.82 Å². The van der Waals surface area contributed by atoms with E-state index in [9.17, 15) is 18.8 Å². The first-order valence-electron chi connectivity index (χ1n) is 10.5. The highest BCUT2D eigenvalue weighted by atomic mass is 19.1. The first-order chi connectivity index (χ1) is 16.3. The van der Waals surface area contributed by atoms with Gasteiger partial charge in [0.15, 0.2) is 6.10 Å². The van der Waals surface area contributed by atoms with Crippen molar-refractivity contribution in [2.24, 2.45) is 0 Å². The summed E-state index contributed by atoms with van der Waals surface area (Å²) in [7, 11) is 0. The number of carbonyl (C=O) groups is 3. The van der Waals surface area contributed by atoms with E-state index >= 15 is 0 Å². The van der Waals surface area contributed by atoms with Crippen LogP contribution in [0.1, 0.15) is 34.3 Å². The van der Waals surface area contributed by atoms with Crippen LogP contribution in [-0.4, -0.2) is 35.8 Å². The van der Waals surface area contributed by atoms with Gasteiger partial charge in [0.05, 0.1) is 11.3 Å². The molecule has 4 rings (SSSR count). The highest BCUT2D eigenvalue weighted by molar-refractivity contribution is 6.02. The molecule has 3 aromatic rings. The summed E-state index contributed by atoms with van der Waals surface area (Å²) in [6.07, 6.45) is -2.15. The van der Waals surface area contributed by atoms with E-state index in [0.717, 1.165) is 34.4 Å². The number of carboxylic acid groups (broad SMARTS) is 1. The number of carboxylic acids is 1. The van der Waals surface area contributed by atoms with E-state index in [4.69, 9.17) is 14.7 Å². The van der Waals surface area contributed by atoms with Crippen LogP contribution in [0.15, 0.2) is 66.7 Å². The molecule has 34 heavy (non-hydrogen) atoms. The number of hydroxylamine groups is 1. The molecule has 0 spiro atoms. The second-order valence-electron chi connectivity index (χ2n) is 7.67. The third-order valence-corrected chi connectivity index (χ3v) is 5.48. The molecule has 1 unspecified atom stereocenters. The maximum atomic E-state index is 13.7. The van der Waals surface area contributed by atoms with Gasteiger partial charge in [-0.25, -0.2) is 19.5 Å². The second-order valence-corrected chi connectivity index (χ2v) is 7.67. The van der Waals surface area contributed by atoms with Crippen LogP contribution in [0.4, 0.5) is 14.9 Å². The molecule has 1 atom stereocenters. The number of anilines is 1. The SMILES string of the molecule is CC(ONC(=O)c1cc(F)ccc1NC(=O)OCC1c2ccccc2-c2ccccc21)C(=O)O. The molecule has 1 aliphatic rings. The van der Waals surface area contributed by atoms with Crippen LogP contribution >= 0.6 is 0 Å². The summed E-state index contributed by atoms with van der Waals surface area (Å²) in [5.74, 6) is -3.10. The lowest BCUT2D eigenvalue weighted by molar-refractivity contribution is -0.152. The molecule has 0 heterocycles. The Morgan fingerprint density at radius 2 is 1.62 bits per heavy atom. The Kier molecular flexibility index (Phi) is 6.55. The molecule has 2 amide bonds. The average molecular weight is 464 g/mol. The summed E-state index contributed by atoms with van der Waals surface area (Å²) >= 11 is 0. The number of hydrogen-bond acceptors (Lipinski definition) is 5. The fourth-order valence-corrected chi connectivity index (χ4v) is 3.81. The van der Waals surface area contributed by atoms with Crippen molar-refractivity contribution < 1.29 is 33.5 Å². The molecule has 174 valence electrons. The zero-order chi connectivity index (χ0) is 24.2. The Balaban J connectivity index is 1.45. The molecular weight excluding hydrogens is 443 g/mol. The maximum Gasteiger partial charge on any atom is 0.411 e. The Bertz CT molecular complexity index is 1220. The number of nitrogens with one attached hydrogen (secondary N) is 2. The summed E-state index contributed by atoms with van der Waals surface area (Å²) in [6.45, 7) is 1.27. The van der Waals surface area contributed by atoms with Gasteiger partial charge < -0.3 is 9.84 Å². The van der Waals surface area contributed by atoms with Crippen molar-refractivity contribution >= 4 is 23.7 Å². The number of hydrogen-bond donors (Lipinski definition) is 3. The van der Waals surface area contributed by atoms with E-state index in [1.807, 2.05) is 54.0 Å². The largest absolute Gasteiger partial charge is 0.479 e. The van der Waals surface area contributed by atoms with Gasteiger partial charge in [-0.1, -0.05) is 48.5 Å². The van der Waals surface area contributed by atoms with Gasteiger partial charge in [0.2, 0.25) is 0 Å². The molecule has 3 aromatic carbocycles. The zero-order valence-electron chi connectivity index (χ0n) is 18.1. The van der Waals surface area contributed by atoms with Gasteiger partial charge >= 0.3 is 12.1 Å². The van der Waals surface area contributed by atoms with E-state index in [-0.39, 0.29) is 23.8 Å². The van der Waals surface area contributed by atoms with E-state index < -0.39 is 29.9 Å². The third-order valence-electron chi connectivity index (χ3n) is 5.48. The smallest absolute Gasteiger partial charge is 0.411 e. The number of benzene rings is 3. The Labute approximate surface area is 194 Å². The highest BCUT2D eigenvalue weighted by Crippen LogP contribution is 2.44. The predicted octanol–water partition coefficient (Wildman–Crippen LogP) is 4.32. The Hall–Kier alpha value is -4.24. The first-order valence-corrected chi connectivity index (χ1v) is 10.5. The van der Waals surface area contributed by atoms with E-state index in [2.05, 4.69) is 5.32 Å². The summed E-state index contributed by atoms with van der Waals surface area (Å²) in [5, 5.41) is 11.3. The van der Waals surface area contributed by atoms with Gasteiger partial charge in [-0.15, -0.1) is 0 Å². The fourth-order valence-electron chi connectivity index (χ4n) is 3.81. The Morgan fingerprint density at radius 1 is 1.00 bits per heavy atom. The summed E-state index contributed by atoms with van der Waals surface area (Å²) in [5.41, 5.74) is 5.91. The van der Waals surface area contributed by atoms with Gasteiger partial charge in [-0.2, -0.15) is 0 Å². The number of ether oxygens (including phenoxy) is 1. The molecule has 9 heteroatoms. The standard InChI is InChI=1S/C25H21FN2O6/c1-14(24(30)31)34-28-23(29)20-12-15(26)10-11-22(20)27-25(32)33-13-21-18-8-4-2-6-16(18)17-7-3-5-9-19(17)21/h2-12,14,21H,13H2,1H3,(H,27,32)(H,28,29)(H,30,31). The van der Waals surface area contributed by atoms with Crippen molar-refractivity contribution in [1.82, 2.24) is 5.48 Å². The molecule has 0 bridgehead atoms. The van der Waals surface area contributed by atoms with Crippen molar-refractivity contribution in [3.63, 3.8) is 0 Å². The minimum absolute atomic E-state index is 0.0253. The number of aliphatic carboxylic acids is 1. The number of rotatable bonds is 7. The fraction of sp³-hybridized carbons (Fsp3) is 0.160. The van der Waals surface area contributed by atoms with E-state index in [0.29, 0.717) is 0 Å². The topological polar surface area (TPSA) is 114 Å². The van der Waals surface area contributed by atoms with Crippen LogP contribution in [0.5, 0.6) is 0 Å². The number of halogens is 1. The lowest BCUT2D eigenvalue weighted by Gasteiger charge is -2.16.